The summed E-state index contributed by atoms with van der Waals surface area (Å²) in [7, 11) is 0. The highest BCUT2D eigenvalue weighted by atomic mass is 32.1. The van der Waals surface area contributed by atoms with Crippen LogP contribution in [0.15, 0.2) is 36.8 Å². The smallest absolute Gasteiger partial charge is 0.139 e. The summed E-state index contributed by atoms with van der Waals surface area (Å²) in [5.41, 5.74) is 6.94. The van der Waals surface area contributed by atoms with Crippen molar-refractivity contribution in [3.05, 3.63) is 53.7 Å². The predicted octanol–water partition coefficient (Wildman–Crippen LogP) is 1.86. The third-order valence-electron chi connectivity index (χ3n) is 2.33. The normalized spacial score (nSPS) is 10.1. The fourth-order valence-electron chi connectivity index (χ4n) is 1.48. The van der Waals surface area contributed by atoms with Crippen LogP contribution in [0.1, 0.15) is 11.1 Å². The van der Waals surface area contributed by atoms with Crippen molar-refractivity contribution in [2.75, 3.05) is 5.32 Å². The monoisotopic (exact) mass is 262 g/mol. The summed E-state index contributed by atoms with van der Waals surface area (Å²) in [6.45, 7) is 0.435. The van der Waals surface area contributed by atoms with Gasteiger partial charge in [0.2, 0.25) is 0 Å². The van der Waals surface area contributed by atoms with E-state index in [4.69, 9.17) is 18.0 Å². The van der Waals surface area contributed by atoms with Gasteiger partial charge in [0.1, 0.15) is 23.0 Å². The van der Waals surface area contributed by atoms with Crippen molar-refractivity contribution >= 4 is 23.0 Å². The fraction of sp³-hybridized carbons (Fsp3) is 0.0833. The molecule has 92 valence electrons. The minimum atomic E-state index is -0.272. The number of benzene rings is 1. The van der Waals surface area contributed by atoms with Crippen LogP contribution in [-0.4, -0.2) is 15.0 Å². The highest BCUT2D eigenvalue weighted by Gasteiger charge is 2.06. The SMILES string of the molecule is NC(=S)c1cncnc1NCc1cccc(F)c1. The zero-order chi connectivity index (χ0) is 13.0. The molecule has 0 radical (unpaired) electrons. The lowest BCUT2D eigenvalue weighted by molar-refractivity contribution is 0.626. The minimum absolute atomic E-state index is 0.220. The third-order valence-corrected chi connectivity index (χ3v) is 2.55. The molecular formula is C12H11FN4S. The average Bonchev–Trinajstić information content (AvgIpc) is 2.37. The second-order valence-corrected chi connectivity index (χ2v) is 4.07. The molecule has 0 saturated heterocycles. The molecule has 0 spiro atoms. The number of thiocarbonyl (C=S) groups is 1. The van der Waals surface area contributed by atoms with Gasteiger partial charge in [-0.25, -0.2) is 14.4 Å². The van der Waals surface area contributed by atoms with Gasteiger partial charge in [-0.3, -0.25) is 0 Å². The Balaban J connectivity index is 2.13. The van der Waals surface area contributed by atoms with E-state index in [9.17, 15) is 4.39 Å². The van der Waals surface area contributed by atoms with Crippen LogP contribution in [0, 0.1) is 5.82 Å². The molecule has 2 rings (SSSR count). The molecule has 1 heterocycles. The molecule has 18 heavy (non-hydrogen) atoms. The Morgan fingerprint density at radius 1 is 1.44 bits per heavy atom. The van der Waals surface area contributed by atoms with E-state index >= 15 is 0 Å². The molecule has 1 aromatic heterocycles. The minimum Gasteiger partial charge on any atom is -0.389 e. The van der Waals surface area contributed by atoms with Crippen LogP contribution in [0.3, 0.4) is 0 Å². The Bertz CT molecular complexity index is 574. The maximum Gasteiger partial charge on any atom is 0.139 e. The fourth-order valence-corrected chi connectivity index (χ4v) is 1.63. The van der Waals surface area contributed by atoms with Gasteiger partial charge >= 0.3 is 0 Å². The van der Waals surface area contributed by atoms with Gasteiger partial charge < -0.3 is 11.1 Å². The van der Waals surface area contributed by atoms with Gasteiger partial charge in [-0.1, -0.05) is 24.4 Å². The Morgan fingerprint density at radius 3 is 3.00 bits per heavy atom. The lowest BCUT2D eigenvalue weighted by Crippen LogP contribution is -2.14. The molecule has 2 aromatic rings. The molecule has 0 aliphatic carbocycles. The molecule has 0 bridgehead atoms. The van der Waals surface area contributed by atoms with Crippen LogP contribution < -0.4 is 11.1 Å². The number of hydrogen-bond donors (Lipinski definition) is 2. The molecule has 0 amide bonds. The van der Waals surface area contributed by atoms with Gasteiger partial charge in [-0.15, -0.1) is 0 Å². The van der Waals surface area contributed by atoms with Crippen LogP contribution in [0.5, 0.6) is 0 Å². The largest absolute Gasteiger partial charge is 0.389 e. The number of aromatic nitrogens is 2. The molecule has 0 aliphatic heterocycles. The van der Waals surface area contributed by atoms with E-state index in [0.717, 1.165) is 5.56 Å². The predicted molar refractivity (Wildman–Crippen MR) is 71.6 cm³/mol. The molecule has 6 heteroatoms. The molecule has 1 aromatic carbocycles. The van der Waals surface area contributed by atoms with Gasteiger partial charge in [0.05, 0.1) is 5.56 Å². The zero-order valence-electron chi connectivity index (χ0n) is 9.43. The molecule has 0 unspecified atom stereocenters. The van der Waals surface area contributed by atoms with Gasteiger partial charge in [-0.05, 0) is 17.7 Å². The molecule has 0 saturated carbocycles. The number of nitrogens with one attached hydrogen (secondary N) is 1. The molecular weight excluding hydrogens is 251 g/mol. The van der Waals surface area contributed by atoms with Gasteiger partial charge in [0.15, 0.2) is 0 Å². The Kier molecular flexibility index (Phi) is 3.78. The molecule has 0 atom stereocenters. The highest BCUT2D eigenvalue weighted by molar-refractivity contribution is 7.80. The van der Waals surface area contributed by atoms with Gasteiger partial charge in [-0.2, -0.15) is 0 Å². The van der Waals surface area contributed by atoms with Gasteiger partial charge in [0, 0.05) is 12.7 Å². The third kappa shape index (κ3) is 2.98. The number of nitrogens with zero attached hydrogens (tertiary/aromatic N) is 2. The Hall–Kier alpha value is -2.08. The van der Waals surface area contributed by atoms with E-state index in [1.165, 1.54) is 18.5 Å². The van der Waals surface area contributed by atoms with Crippen LogP contribution in [0.25, 0.3) is 0 Å². The number of rotatable bonds is 4. The second kappa shape index (κ2) is 5.50. The maximum atomic E-state index is 13.0. The summed E-state index contributed by atoms with van der Waals surface area (Å²) in [4.78, 5) is 8.13. The van der Waals surface area contributed by atoms with E-state index in [0.29, 0.717) is 17.9 Å². The highest BCUT2D eigenvalue weighted by Crippen LogP contribution is 2.12. The summed E-state index contributed by atoms with van der Waals surface area (Å²) in [5, 5.41) is 3.05. The first-order valence-corrected chi connectivity index (χ1v) is 5.66. The first kappa shape index (κ1) is 12.4. The summed E-state index contributed by atoms with van der Waals surface area (Å²) in [5.74, 6) is 0.272. The summed E-state index contributed by atoms with van der Waals surface area (Å²) < 4.78 is 13.0. The van der Waals surface area contributed by atoms with E-state index < -0.39 is 0 Å². The molecule has 0 aliphatic rings. The summed E-state index contributed by atoms with van der Waals surface area (Å²) >= 11 is 4.90. The topological polar surface area (TPSA) is 63.8 Å². The second-order valence-electron chi connectivity index (χ2n) is 3.63. The van der Waals surface area contributed by atoms with Crippen molar-refractivity contribution < 1.29 is 4.39 Å². The first-order chi connectivity index (χ1) is 8.66. The lowest BCUT2D eigenvalue weighted by atomic mass is 10.2. The molecule has 3 N–H and O–H groups in total. The summed E-state index contributed by atoms with van der Waals surface area (Å²) in [6, 6.07) is 6.32. The maximum absolute atomic E-state index is 13.0. The van der Waals surface area contributed by atoms with Crippen LogP contribution in [0.2, 0.25) is 0 Å². The quantitative estimate of drug-likeness (QED) is 0.823. The van der Waals surface area contributed by atoms with E-state index in [-0.39, 0.29) is 10.8 Å². The van der Waals surface area contributed by atoms with Crippen molar-refractivity contribution in [1.29, 1.82) is 0 Å². The number of anilines is 1. The Labute approximate surface area is 109 Å². The molecule has 0 fully saturated rings. The first-order valence-electron chi connectivity index (χ1n) is 5.25. The van der Waals surface area contributed by atoms with E-state index in [2.05, 4.69) is 15.3 Å². The van der Waals surface area contributed by atoms with E-state index in [1.54, 1.807) is 12.3 Å². The van der Waals surface area contributed by atoms with Crippen molar-refractivity contribution in [2.24, 2.45) is 5.73 Å². The van der Waals surface area contributed by atoms with Crippen LogP contribution in [-0.2, 0) is 6.54 Å². The standard InChI is InChI=1S/C12H11FN4S/c13-9-3-1-2-8(4-9)5-16-12-10(11(14)18)6-15-7-17-12/h1-4,6-7H,5H2,(H2,14,18)(H,15,16,17). The van der Waals surface area contributed by atoms with Crippen molar-refractivity contribution in [3.63, 3.8) is 0 Å². The number of nitrogens with two attached hydrogens (primary N) is 1. The summed E-state index contributed by atoms with van der Waals surface area (Å²) in [6.07, 6.45) is 2.94. The molecule has 4 nitrogen and oxygen atoms in total. The number of hydrogen-bond acceptors (Lipinski definition) is 4. The van der Waals surface area contributed by atoms with Crippen molar-refractivity contribution in [1.82, 2.24) is 9.97 Å². The zero-order valence-corrected chi connectivity index (χ0v) is 10.2. The van der Waals surface area contributed by atoms with Crippen LogP contribution in [0.4, 0.5) is 10.2 Å². The van der Waals surface area contributed by atoms with Crippen molar-refractivity contribution in [2.45, 2.75) is 6.54 Å². The van der Waals surface area contributed by atoms with E-state index in [1.807, 2.05) is 6.07 Å². The van der Waals surface area contributed by atoms with Crippen molar-refractivity contribution in [3.8, 4) is 0 Å². The van der Waals surface area contributed by atoms with Gasteiger partial charge in [0.25, 0.3) is 0 Å². The average molecular weight is 262 g/mol. The lowest BCUT2D eigenvalue weighted by Gasteiger charge is -2.09. The Morgan fingerprint density at radius 2 is 2.28 bits per heavy atom. The van der Waals surface area contributed by atoms with Crippen LogP contribution >= 0.6 is 12.2 Å². The number of halogens is 1.